The van der Waals surface area contributed by atoms with Gasteiger partial charge in [-0.25, -0.2) is 4.99 Å². The van der Waals surface area contributed by atoms with Gasteiger partial charge >= 0.3 is 0 Å². The molecule has 0 spiro atoms. The van der Waals surface area contributed by atoms with Gasteiger partial charge < -0.3 is 25.0 Å². The Kier molecular flexibility index (Phi) is 9.18. The van der Waals surface area contributed by atoms with Crippen LogP contribution in [0.3, 0.4) is 0 Å². The lowest BCUT2D eigenvalue weighted by atomic mass is 10.1. The van der Waals surface area contributed by atoms with Crippen molar-refractivity contribution in [1.29, 1.82) is 0 Å². The molecule has 1 heterocycles. The molecule has 1 aromatic heterocycles. The van der Waals surface area contributed by atoms with E-state index in [0.29, 0.717) is 40.7 Å². The molecule has 0 saturated heterocycles. The van der Waals surface area contributed by atoms with Crippen molar-refractivity contribution in [3.8, 4) is 22.9 Å². The van der Waals surface area contributed by atoms with E-state index in [1.165, 1.54) is 0 Å². The number of rotatable bonds is 8. The number of aliphatic imine (C=N–C) groups is 1. The molecular formula is C20H23ClIN5O3. The summed E-state index contributed by atoms with van der Waals surface area (Å²) in [7, 11) is 3.22. The van der Waals surface area contributed by atoms with Gasteiger partial charge in [-0.05, 0) is 48.4 Å². The fourth-order valence-electron chi connectivity index (χ4n) is 2.62. The molecule has 0 aliphatic rings. The summed E-state index contributed by atoms with van der Waals surface area (Å²) < 4.78 is 15.8. The Morgan fingerprint density at radius 1 is 1.13 bits per heavy atom. The molecule has 10 heteroatoms. The van der Waals surface area contributed by atoms with E-state index < -0.39 is 0 Å². The molecule has 0 unspecified atom stereocenters. The summed E-state index contributed by atoms with van der Waals surface area (Å²) in [5.41, 5.74) is 7.82. The largest absolute Gasteiger partial charge is 0.493 e. The Morgan fingerprint density at radius 3 is 2.57 bits per heavy atom. The molecule has 8 nitrogen and oxygen atoms in total. The van der Waals surface area contributed by atoms with Crippen LogP contribution in [0.25, 0.3) is 11.4 Å². The number of methoxy groups -OCH3 is 2. The van der Waals surface area contributed by atoms with Gasteiger partial charge in [-0.2, -0.15) is 4.98 Å². The van der Waals surface area contributed by atoms with Gasteiger partial charge in [0, 0.05) is 17.1 Å². The molecule has 3 rings (SSSR count). The maximum atomic E-state index is 5.91. The average molecular weight is 544 g/mol. The van der Waals surface area contributed by atoms with Crippen LogP contribution in [0.1, 0.15) is 11.5 Å². The molecule has 3 aromatic rings. The number of nitrogens with two attached hydrogens (primary N) is 1. The van der Waals surface area contributed by atoms with Crippen molar-refractivity contribution in [3.63, 3.8) is 0 Å². The number of aromatic nitrogens is 2. The zero-order valence-electron chi connectivity index (χ0n) is 16.6. The second-order valence-corrected chi connectivity index (χ2v) is 6.52. The molecule has 0 saturated carbocycles. The number of nitrogens with zero attached hydrogens (tertiary/aromatic N) is 3. The van der Waals surface area contributed by atoms with Gasteiger partial charge in [0.1, 0.15) is 6.54 Å². The van der Waals surface area contributed by atoms with E-state index in [1.807, 2.05) is 30.3 Å². The zero-order valence-corrected chi connectivity index (χ0v) is 19.7. The van der Waals surface area contributed by atoms with Gasteiger partial charge in [-0.1, -0.05) is 22.8 Å². The van der Waals surface area contributed by atoms with Crippen molar-refractivity contribution < 1.29 is 14.0 Å². The number of guanidine groups is 1. The third kappa shape index (κ3) is 6.49. The number of halogens is 2. The first-order valence-corrected chi connectivity index (χ1v) is 9.30. The minimum Gasteiger partial charge on any atom is -0.493 e. The van der Waals surface area contributed by atoms with E-state index in [9.17, 15) is 0 Å². The van der Waals surface area contributed by atoms with Crippen LogP contribution in [0.4, 0.5) is 0 Å². The molecule has 0 atom stereocenters. The Balaban J connectivity index is 0.00000320. The van der Waals surface area contributed by atoms with Crippen molar-refractivity contribution >= 4 is 41.5 Å². The third-order valence-electron chi connectivity index (χ3n) is 4.12. The fourth-order valence-corrected chi connectivity index (χ4v) is 2.74. The maximum absolute atomic E-state index is 5.91. The standard InChI is InChI=1S/C20H22ClN5O3.HI/c1-27-16-8-3-13(11-17(16)28-2)9-10-23-20(22)24-12-18-25-19(26-29-18)14-4-6-15(21)7-5-14;/h3-8,11H,9-10,12H2,1-2H3,(H3,22,23,24);1H. The average Bonchev–Trinajstić information content (AvgIpc) is 3.21. The molecule has 30 heavy (non-hydrogen) atoms. The lowest BCUT2D eigenvalue weighted by molar-refractivity contribution is 0.354. The van der Waals surface area contributed by atoms with Crippen molar-refractivity contribution in [3.05, 3.63) is 58.9 Å². The monoisotopic (exact) mass is 543 g/mol. The molecule has 0 amide bonds. The van der Waals surface area contributed by atoms with Gasteiger partial charge in [-0.15, -0.1) is 24.0 Å². The summed E-state index contributed by atoms with van der Waals surface area (Å²) in [5.74, 6) is 2.55. The third-order valence-corrected chi connectivity index (χ3v) is 4.37. The van der Waals surface area contributed by atoms with Gasteiger partial charge in [0.2, 0.25) is 11.7 Å². The smallest absolute Gasteiger partial charge is 0.248 e. The minimum absolute atomic E-state index is 0. The normalized spacial score (nSPS) is 11.0. The van der Waals surface area contributed by atoms with Gasteiger partial charge in [0.05, 0.1) is 14.2 Å². The van der Waals surface area contributed by atoms with Crippen molar-refractivity contribution in [2.24, 2.45) is 10.7 Å². The van der Waals surface area contributed by atoms with E-state index in [-0.39, 0.29) is 30.5 Å². The Labute approximate surface area is 196 Å². The Morgan fingerprint density at radius 2 is 1.87 bits per heavy atom. The van der Waals surface area contributed by atoms with Crippen LogP contribution in [0.15, 0.2) is 52.0 Å². The topological polar surface area (TPSA) is 108 Å². The number of nitrogens with one attached hydrogen (secondary N) is 1. The van der Waals surface area contributed by atoms with Crippen LogP contribution in [-0.2, 0) is 13.0 Å². The molecule has 0 bridgehead atoms. The second-order valence-electron chi connectivity index (χ2n) is 6.09. The van der Waals surface area contributed by atoms with E-state index >= 15 is 0 Å². The zero-order chi connectivity index (χ0) is 20.6. The van der Waals surface area contributed by atoms with Crippen molar-refractivity contribution in [2.45, 2.75) is 13.0 Å². The molecule has 0 radical (unpaired) electrons. The predicted octanol–water partition coefficient (Wildman–Crippen LogP) is 3.67. The Bertz CT molecular complexity index is 979. The van der Waals surface area contributed by atoms with E-state index in [0.717, 1.165) is 17.5 Å². The molecule has 3 N–H and O–H groups in total. The highest BCUT2D eigenvalue weighted by molar-refractivity contribution is 14.0. The van der Waals surface area contributed by atoms with Crippen LogP contribution in [0, 0.1) is 0 Å². The summed E-state index contributed by atoms with van der Waals surface area (Å²) in [4.78, 5) is 8.54. The number of ether oxygens (including phenoxy) is 2. The summed E-state index contributed by atoms with van der Waals surface area (Å²) in [6, 6.07) is 13.0. The highest BCUT2D eigenvalue weighted by atomic mass is 127. The van der Waals surface area contributed by atoms with E-state index in [4.69, 9.17) is 31.3 Å². The number of hydrogen-bond donors (Lipinski definition) is 2. The molecule has 2 aromatic carbocycles. The van der Waals surface area contributed by atoms with Gasteiger partial charge in [0.15, 0.2) is 17.5 Å². The molecular weight excluding hydrogens is 521 g/mol. The minimum atomic E-state index is 0. The van der Waals surface area contributed by atoms with Crippen LogP contribution in [-0.4, -0.2) is 36.9 Å². The highest BCUT2D eigenvalue weighted by Gasteiger charge is 2.08. The highest BCUT2D eigenvalue weighted by Crippen LogP contribution is 2.27. The van der Waals surface area contributed by atoms with Crippen LogP contribution >= 0.6 is 35.6 Å². The Hall–Kier alpha value is -2.53. The predicted molar refractivity (Wildman–Crippen MR) is 127 cm³/mol. The van der Waals surface area contributed by atoms with Crippen LogP contribution < -0.4 is 20.5 Å². The number of hydrogen-bond acceptors (Lipinski definition) is 6. The first-order chi connectivity index (χ1) is 14.1. The molecule has 0 aliphatic carbocycles. The molecule has 0 fully saturated rings. The summed E-state index contributed by atoms with van der Waals surface area (Å²) >= 11 is 5.88. The molecule has 0 aliphatic heterocycles. The fraction of sp³-hybridized carbons (Fsp3) is 0.250. The first-order valence-electron chi connectivity index (χ1n) is 8.92. The van der Waals surface area contributed by atoms with E-state index in [1.54, 1.807) is 26.4 Å². The van der Waals surface area contributed by atoms with Gasteiger partial charge in [0.25, 0.3) is 0 Å². The maximum Gasteiger partial charge on any atom is 0.248 e. The van der Waals surface area contributed by atoms with Crippen molar-refractivity contribution in [2.75, 3.05) is 20.8 Å². The summed E-state index contributed by atoms with van der Waals surface area (Å²) in [6.45, 7) is 0.806. The summed E-state index contributed by atoms with van der Waals surface area (Å²) in [5, 5.41) is 7.66. The number of benzene rings is 2. The summed E-state index contributed by atoms with van der Waals surface area (Å²) in [6.07, 6.45) is 0.748. The van der Waals surface area contributed by atoms with Gasteiger partial charge in [-0.3, -0.25) is 0 Å². The second kappa shape index (κ2) is 11.6. The lowest BCUT2D eigenvalue weighted by Crippen LogP contribution is -2.33. The lowest BCUT2D eigenvalue weighted by Gasteiger charge is -2.10. The first kappa shape index (κ1) is 23.7. The molecule has 160 valence electrons. The van der Waals surface area contributed by atoms with E-state index in [2.05, 4.69) is 20.4 Å². The SMILES string of the molecule is COc1ccc(CCNC(N)=NCc2nc(-c3ccc(Cl)cc3)no2)cc1OC.I. The van der Waals surface area contributed by atoms with Crippen LogP contribution in [0.5, 0.6) is 11.5 Å². The van der Waals surface area contributed by atoms with Crippen molar-refractivity contribution in [1.82, 2.24) is 15.5 Å². The van der Waals surface area contributed by atoms with Crippen LogP contribution in [0.2, 0.25) is 5.02 Å². The quantitative estimate of drug-likeness (QED) is 0.254.